The summed E-state index contributed by atoms with van der Waals surface area (Å²) in [5.41, 5.74) is 1.41. The molecule has 1 N–H and O–H groups in total. The average molecular weight is 387 g/mol. The molecular weight excluding hydrogens is 366 g/mol. The van der Waals surface area contributed by atoms with Crippen LogP contribution in [0.15, 0.2) is 35.5 Å². The number of nitrogens with zero attached hydrogens (tertiary/aromatic N) is 2. The minimum absolute atomic E-state index is 0.0381. The molecule has 1 aromatic rings. The molecule has 9 heteroatoms. The average Bonchev–Trinajstić information content (AvgIpc) is 3.12. The van der Waals surface area contributed by atoms with Crippen molar-refractivity contribution in [1.29, 1.82) is 0 Å². The summed E-state index contributed by atoms with van der Waals surface area (Å²) in [6.45, 7) is 1.73. The van der Waals surface area contributed by atoms with Gasteiger partial charge in [-0.1, -0.05) is 18.2 Å². The molecule has 1 unspecified atom stereocenters. The summed E-state index contributed by atoms with van der Waals surface area (Å²) < 4.78 is 15.8. The van der Waals surface area contributed by atoms with Crippen LogP contribution in [0.3, 0.4) is 0 Å². The first-order valence-electron chi connectivity index (χ1n) is 9.06. The molecule has 0 saturated carbocycles. The third-order valence-corrected chi connectivity index (χ3v) is 5.11. The van der Waals surface area contributed by atoms with Gasteiger partial charge in [-0.15, -0.1) is 0 Å². The predicted octanol–water partition coefficient (Wildman–Crippen LogP) is 0.431. The van der Waals surface area contributed by atoms with Crippen molar-refractivity contribution in [3.05, 3.63) is 41.1 Å². The Labute approximate surface area is 161 Å². The van der Waals surface area contributed by atoms with Gasteiger partial charge in [0.1, 0.15) is 18.9 Å². The number of carbonyl (C=O) groups excluding carboxylic acids is 3. The third-order valence-electron chi connectivity index (χ3n) is 5.11. The molecule has 3 aliphatic rings. The molecule has 0 spiro atoms. The summed E-state index contributed by atoms with van der Waals surface area (Å²) in [5.74, 6) is -0.146. The standard InChI is InChI=1S/C19H21N3O6/c1-26-14-5-3-2-4-12(14)17-16-13(11-28-18(16)24)22(19(25)20-17)10-15(23)21-6-8-27-9-7-21/h2-5,17H,6-11H2,1H3,(H,20,25). The van der Waals surface area contributed by atoms with E-state index in [1.54, 1.807) is 23.1 Å². The highest BCUT2D eigenvalue weighted by molar-refractivity contribution is 5.98. The maximum atomic E-state index is 12.8. The number of morpholine rings is 1. The van der Waals surface area contributed by atoms with Gasteiger partial charge in [0.2, 0.25) is 5.91 Å². The summed E-state index contributed by atoms with van der Waals surface area (Å²) in [6.07, 6.45) is 0. The lowest BCUT2D eigenvalue weighted by atomic mass is 9.95. The van der Waals surface area contributed by atoms with E-state index in [-0.39, 0.29) is 19.1 Å². The molecule has 0 aromatic heterocycles. The first-order chi connectivity index (χ1) is 13.6. The van der Waals surface area contributed by atoms with E-state index < -0.39 is 18.0 Å². The summed E-state index contributed by atoms with van der Waals surface area (Å²) in [4.78, 5) is 40.8. The maximum Gasteiger partial charge on any atom is 0.338 e. The summed E-state index contributed by atoms with van der Waals surface area (Å²) in [5, 5.41) is 2.82. The Bertz CT molecular complexity index is 846. The molecule has 3 aliphatic heterocycles. The van der Waals surface area contributed by atoms with Gasteiger partial charge in [-0.3, -0.25) is 9.69 Å². The molecular formula is C19H21N3O6. The predicted molar refractivity (Wildman–Crippen MR) is 96.4 cm³/mol. The molecule has 0 bridgehead atoms. The smallest absolute Gasteiger partial charge is 0.338 e. The van der Waals surface area contributed by atoms with Crippen LogP contribution in [0.4, 0.5) is 4.79 Å². The van der Waals surface area contributed by atoms with E-state index in [2.05, 4.69) is 5.32 Å². The van der Waals surface area contributed by atoms with Gasteiger partial charge >= 0.3 is 12.0 Å². The van der Waals surface area contributed by atoms with Crippen LogP contribution in [0.1, 0.15) is 11.6 Å². The van der Waals surface area contributed by atoms with Crippen molar-refractivity contribution >= 4 is 17.9 Å². The van der Waals surface area contributed by atoms with E-state index in [1.807, 2.05) is 6.07 Å². The molecule has 0 aliphatic carbocycles. The Morgan fingerprint density at radius 3 is 2.75 bits per heavy atom. The van der Waals surface area contributed by atoms with E-state index >= 15 is 0 Å². The number of methoxy groups -OCH3 is 1. The second kappa shape index (κ2) is 7.51. The van der Waals surface area contributed by atoms with Crippen LogP contribution in [0.25, 0.3) is 0 Å². The van der Waals surface area contributed by atoms with E-state index in [0.717, 1.165) is 0 Å². The molecule has 3 amide bonds. The van der Waals surface area contributed by atoms with Crippen LogP contribution in [0.2, 0.25) is 0 Å². The molecule has 28 heavy (non-hydrogen) atoms. The van der Waals surface area contributed by atoms with E-state index in [9.17, 15) is 14.4 Å². The third kappa shape index (κ3) is 3.18. The number of para-hydroxylation sites is 1. The van der Waals surface area contributed by atoms with Gasteiger partial charge < -0.3 is 24.4 Å². The Morgan fingerprint density at radius 1 is 1.25 bits per heavy atom. The number of nitrogens with one attached hydrogen (secondary N) is 1. The van der Waals surface area contributed by atoms with Crippen molar-refractivity contribution in [1.82, 2.24) is 15.1 Å². The zero-order valence-corrected chi connectivity index (χ0v) is 15.5. The number of hydrogen-bond acceptors (Lipinski definition) is 6. The fourth-order valence-corrected chi connectivity index (χ4v) is 3.66. The highest BCUT2D eigenvalue weighted by atomic mass is 16.5. The topological polar surface area (TPSA) is 97.4 Å². The molecule has 1 fully saturated rings. The molecule has 1 aromatic carbocycles. The van der Waals surface area contributed by atoms with E-state index in [1.165, 1.54) is 12.0 Å². The van der Waals surface area contributed by atoms with Crippen LogP contribution in [-0.2, 0) is 19.1 Å². The lowest BCUT2D eigenvalue weighted by molar-refractivity contribution is -0.136. The number of rotatable bonds is 4. The van der Waals surface area contributed by atoms with Gasteiger partial charge in [0.15, 0.2) is 0 Å². The van der Waals surface area contributed by atoms with E-state index in [0.29, 0.717) is 48.9 Å². The molecule has 1 saturated heterocycles. The van der Waals surface area contributed by atoms with Gasteiger partial charge in [0, 0.05) is 18.7 Å². The first-order valence-corrected chi connectivity index (χ1v) is 9.06. The monoisotopic (exact) mass is 387 g/mol. The minimum Gasteiger partial charge on any atom is -0.496 e. The Kier molecular flexibility index (Phi) is 4.91. The largest absolute Gasteiger partial charge is 0.496 e. The number of cyclic esters (lactones) is 1. The van der Waals surface area contributed by atoms with Crippen LogP contribution < -0.4 is 10.1 Å². The zero-order chi connectivity index (χ0) is 19.7. The summed E-state index contributed by atoms with van der Waals surface area (Å²) in [6, 6.07) is 6.02. The van der Waals surface area contributed by atoms with Gasteiger partial charge in [-0.05, 0) is 6.07 Å². The van der Waals surface area contributed by atoms with Crippen molar-refractivity contribution in [3.8, 4) is 5.75 Å². The normalized spacial score (nSPS) is 22.0. The van der Waals surface area contributed by atoms with Gasteiger partial charge in [0.25, 0.3) is 0 Å². The molecule has 4 rings (SSSR count). The second-order valence-electron chi connectivity index (χ2n) is 6.64. The number of carbonyl (C=O) groups is 3. The molecule has 3 heterocycles. The number of esters is 1. The van der Waals surface area contributed by atoms with Crippen LogP contribution >= 0.6 is 0 Å². The summed E-state index contributed by atoms with van der Waals surface area (Å²) >= 11 is 0. The SMILES string of the molecule is COc1ccccc1C1NC(=O)N(CC(=O)N2CCOCC2)C2=C1C(=O)OC2. The fourth-order valence-electron chi connectivity index (χ4n) is 3.66. The van der Waals surface area contributed by atoms with Gasteiger partial charge in [0.05, 0.1) is 37.6 Å². The second-order valence-corrected chi connectivity index (χ2v) is 6.64. The van der Waals surface area contributed by atoms with Crippen molar-refractivity contribution < 1.29 is 28.6 Å². The first kappa shape index (κ1) is 18.3. The lowest BCUT2D eigenvalue weighted by Gasteiger charge is -2.35. The Hall–Kier alpha value is -3.07. The van der Waals surface area contributed by atoms with Crippen molar-refractivity contribution in [2.45, 2.75) is 6.04 Å². The van der Waals surface area contributed by atoms with Crippen LogP contribution in [0.5, 0.6) is 5.75 Å². The molecule has 148 valence electrons. The Balaban J connectivity index is 1.65. The molecule has 1 atom stereocenters. The van der Waals surface area contributed by atoms with Gasteiger partial charge in [-0.25, -0.2) is 9.59 Å². The van der Waals surface area contributed by atoms with Crippen LogP contribution in [0, 0.1) is 0 Å². The summed E-state index contributed by atoms with van der Waals surface area (Å²) in [7, 11) is 1.53. The molecule has 9 nitrogen and oxygen atoms in total. The van der Waals surface area contributed by atoms with Gasteiger partial charge in [-0.2, -0.15) is 0 Å². The highest BCUT2D eigenvalue weighted by Crippen LogP contribution is 2.38. The van der Waals surface area contributed by atoms with Crippen molar-refractivity contribution in [2.24, 2.45) is 0 Å². The minimum atomic E-state index is -0.691. The van der Waals surface area contributed by atoms with Crippen LogP contribution in [-0.4, -0.2) is 74.3 Å². The highest BCUT2D eigenvalue weighted by Gasteiger charge is 2.43. The lowest BCUT2D eigenvalue weighted by Crippen LogP contribution is -2.52. The quantitative estimate of drug-likeness (QED) is 0.753. The number of ether oxygens (including phenoxy) is 3. The van der Waals surface area contributed by atoms with Crippen molar-refractivity contribution in [2.75, 3.05) is 46.6 Å². The zero-order valence-electron chi connectivity index (χ0n) is 15.5. The number of urea groups is 1. The Morgan fingerprint density at radius 2 is 2.00 bits per heavy atom. The fraction of sp³-hybridized carbons (Fsp3) is 0.421. The number of hydrogen-bond donors (Lipinski definition) is 1. The molecule has 0 radical (unpaired) electrons. The maximum absolute atomic E-state index is 12.8. The number of amides is 3. The van der Waals surface area contributed by atoms with Crippen molar-refractivity contribution in [3.63, 3.8) is 0 Å². The number of benzene rings is 1. The van der Waals surface area contributed by atoms with E-state index in [4.69, 9.17) is 14.2 Å².